The van der Waals surface area contributed by atoms with Crippen molar-refractivity contribution in [2.24, 2.45) is 16.0 Å². The van der Waals surface area contributed by atoms with Crippen LogP contribution in [0.25, 0.3) is 0 Å². The Morgan fingerprint density at radius 2 is 2.00 bits per heavy atom. The number of fused-ring (bicyclic) bond motifs is 1. The van der Waals surface area contributed by atoms with Gasteiger partial charge in [-0.05, 0) is 44.9 Å². The molecule has 27 heavy (non-hydrogen) atoms. The molecule has 1 aromatic carbocycles. The Bertz CT molecular complexity index is 705. The van der Waals surface area contributed by atoms with Crippen LogP contribution in [0.1, 0.15) is 46.2 Å². The molecule has 0 bridgehead atoms. The van der Waals surface area contributed by atoms with Gasteiger partial charge in [-0.1, -0.05) is 31.5 Å². The molecule has 1 N–H and O–H groups in total. The molecule has 0 aromatic heterocycles. The fourth-order valence-corrected chi connectivity index (χ4v) is 3.10. The fraction of sp³-hybridized carbons (Fsp3) is 0.524. The van der Waals surface area contributed by atoms with Crippen LogP contribution in [0.15, 0.2) is 40.9 Å². The lowest BCUT2D eigenvalue weighted by atomic mass is 10.0. The minimum Gasteiger partial charge on any atom is -0.338 e. The van der Waals surface area contributed by atoms with Crippen LogP contribution in [0.3, 0.4) is 0 Å². The molecule has 0 radical (unpaired) electrons. The fourth-order valence-electron chi connectivity index (χ4n) is 2.92. The van der Waals surface area contributed by atoms with E-state index in [1.807, 2.05) is 25.1 Å². The average molecular weight is 390 g/mol. The Hall–Kier alpha value is -1.85. The first-order chi connectivity index (χ1) is 12.9. The zero-order valence-corrected chi connectivity index (χ0v) is 17.9. The van der Waals surface area contributed by atoms with Crippen LogP contribution in [0, 0.1) is 5.92 Å². The highest BCUT2D eigenvalue weighted by Gasteiger charge is 2.31. The van der Waals surface area contributed by atoms with E-state index in [1.54, 1.807) is 6.08 Å². The molecule has 2 aliphatic heterocycles. The SMILES string of the molecule is C/C(=N\N1C(N2CCNCC2)=Nc2ccc(Cl)cc2C1C)C(C)C.C=CC. The first-order valence-electron chi connectivity index (χ1n) is 9.64. The van der Waals surface area contributed by atoms with E-state index in [1.165, 1.54) is 0 Å². The van der Waals surface area contributed by atoms with E-state index < -0.39 is 0 Å². The Morgan fingerprint density at radius 3 is 2.59 bits per heavy atom. The molecule has 0 amide bonds. The summed E-state index contributed by atoms with van der Waals surface area (Å²) < 4.78 is 0. The van der Waals surface area contributed by atoms with Crippen molar-refractivity contribution in [3.05, 3.63) is 41.4 Å². The van der Waals surface area contributed by atoms with Gasteiger partial charge in [0, 0.05) is 42.5 Å². The molecule has 2 aliphatic rings. The normalized spacial score (nSPS) is 19.9. The van der Waals surface area contributed by atoms with Gasteiger partial charge < -0.3 is 10.2 Å². The maximum absolute atomic E-state index is 6.21. The van der Waals surface area contributed by atoms with Gasteiger partial charge in [0.1, 0.15) is 0 Å². The lowest BCUT2D eigenvalue weighted by Gasteiger charge is -2.40. The number of aliphatic imine (C=N–C) groups is 1. The summed E-state index contributed by atoms with van der Waals surface area (Å²) in [6, 6.07) is 6.03. The maximum atomic E-state index is 6.21. The van der Waals surface area contributed by atoms with Gasteiger partial charge in [-0.2, -0.15) is 5.10 Å². The highest BCUT2D eigenvalue weighted by molar-refractivity contribution is 6.30. The van der Waals surface area contributed by atoms with E-state index in [0.29, 0.717) is 5.92 Å². The molecule has 3 rings (SSSR count). The number of rotatable bonds is 2. The molecule has 1 unspecified atom stereocenters. The second-order valence-corrected chi connectivity index (χ2v) is 7.61. The number of nitrogens with zero attached hydrogens (tertiary/aromatic N) is 4. The molecule has 148 valence electrons. The third-order valence-corrected chi connectivity index (χ3v) is 4.97. The minimum atomic E-state index is 0.106. The molecule has 6 heteroatoms. The second kappa shape index (κ2) is 9.90. The first-order valence-corrected chi connectivity index (χ1v) is 10.0. The highest BCUT2D eigenvalue weighted by atomic mass is 35.5. The minimum absolute atomic E-state index is 0.106. The summed E-state index contributed by atoms with van der Waals surface area (Å²) in [5.74, 6) is 1.35. The van der Waals surface area contributed by atoms with Crippen LogP contribution in [0.5, 0.6) is 0 Å². The van der Waals surface area contributed by atoms with Crippen molar-refractivity contribution in [2.45, 2.75) is 40.7 Å². The van der Waals surface area contributed by atoms with Crippen molar-refractivity contribution < 1.29 is 0 Å². The van der Waals surface area contributed by atoms with Crippen LogP contribution < -0.4 is 5.32 Å². The number of allylic oxidation sites excluding steroid dienone is 1. The van der Waals surface area contributed by atoms with Gasteiger partial charge >= 0.3 is 0 Å². The van der Waals surface area contributed by atoms with E-state index in [-0.39, 0.29) is 6.04 Å². The Kier molecular flexibility index (Phi) is 7.87. The standard InChI is InChI=1S/C18H26ClN5.C3H6/c1-12(2)13(3)22-24-14(4)16-11-15(19)5-6-17(16)21-18(24)23-9-7-20-8-10-23;1-3-2/h5-6,11-12,14,20H,7-10H2,1-4H3;3H,1H2,2H3/b22-13+;. The monoisotopic (exact) mass is 389 g/mol. The van der Waals surface area contributed by atoms with Crippen molar-refractivity contribution >= 4 is 29.0 Å². The van der Waals surface area contributed by atoms with Gasteiger partial charge in [0.15, 0.2) is 0 Å². The number of hydrogen-bond donors (Lipinski definition) is 1. The number of piperazine rings is 1. The number of benzene rings is 1. The molecule has 1 fully saturated rings. The van der Waals surface area contributed by atoms with Crippen LogP contribution in [-0.4, -0.2) is 47.8 Å². The molecular weight excluding hydrogens is 358 g/mol. The van der Waals surface area contributed by atoms with Crippen LogP contribution in [0.4, 0.5) is 5.69 Å². The molecule has 1 aromatic rings. The van der Waals surface area contributed by atoms with Gasteiger partial charge in [0.05, 0.1) is 11.7 Å². The summed E-state index contributed by atoms with van der Waals surface area (Å²) in [5.41, 5.74) is 3.23. The zero-order chi connectivity index (χ0) is 20.0. The Morgan fingerprint density at radius 1 is 1.37 bits per heavy atom. The van der Waals surface area contributed by atoms with Gasteiger partial charge in [-0.25, -0.2) is 10.0 Å². The summed E-state index contributed by atoms with van der Waals surface area (Å²) >= 11 is 6.21. The topological polar surface area (TPSA) is 43.2 Å². The molecule has 0 spiro atoms. The number of hydrogen-bond acceptors (Lipinski definition) is 5. The number of hydrazone groups is 1. The zero-order valence-electron chi connectivity index (χ0n) is 17.2. The first kappa shape index (κ1) is 21.5. The largest absolute Gasteiger partial charge is 0.338 e. The van der Waals surface area contributed by atoms with Crippen molar-refractivity contribution in [1.82, 2.24) is 15.2 Å². The van der Waals surface area contributed by atoms with E-state index in [4.69, 9.17) is 21.7 Å². The van der Waals surface area contributed by atoms with Crippen LogP contribution in [0.2, 0.25) is 5.02 Å². The predicted octanol–water partition coefficient (Wildman–Crippen LogP) is 4.83. The molecule has 2 heterocycles. The predicted molar refractivity (Wildman–Crippen MR) is 117 cm³/mol. The smallest absolute Gasteiger partial charge is 0.223 e. The molecular formula is C21H32ClN5. The lowest BCUT2D eigenvalue weighted by Crippen LogP contribution is -2.52. The number of halogens is 1. The van der Waals surface area contributed by atoms with Gasteiger partial charge in [0.2, 0.25) is 5.96 Å². The highest BCUT2D eigenvalue weighted by Crippen LogP contribution is 2.37. The molecule has 1 saturated heterocycles. The number of nitrogens with one attached hydrogen (secondary N) is 1. The van der Waals surface area contributed by atoms with Crippen molar-refractivity contribution in [3.63, 3.8) is 0 Å². The summed E-state index contributed by atoms with van der Waals surface area (Å²) in [7, 11) is 0. The maximum Gasteiger partial charge on any atom is 0.223 e. The van der Waals surface area contributed by atoms with Crippen molar-refractivity contribution in [3.8, 4) is 0 Å². The van der Waals surface area contributed by atoms with Gasteiger partial charge in [0.25, 0.3) is 0 Å². The van der Waals surface area contributed by atoms with Crippen LogP contribution in [-0.2, 0) is 0 Å². The van der Waals surface area contributed by atoms with E-state index in [9.17, 15) is 0 Å². The lowest BCUT2D eigenvalue weighted by molar-refractivity contribution is 0.257. The number of guanidine groups is 1. The molecule has 0 aliphatic carbocycles. The average Bonchev–Trinajstić information content (AvgIpc) is 2.65. The van der Waals surface area contributed by atoms with Crippen molar-refractivity contribution in [1.29, 1.82) is 0 Å². The Balaban J connectivity index is 0.000000817. The van der Waals surface area contributed by atoms with Gasteiger partial charge in [-0.15, -0.1) is 6.58 Å². The summed E-state index contributed by atoms with van der Waals surface area (Å²) in [6.07, 6.45) is 1.75. The molecule has 1 atom stereocenters. The van der Waals surface area contributed by atoms with Crippen molar-refractivity contribution in [2.75, 3.05) is 26.2 Å². The molecule has 5 nitrogen and oxygen atoms in total. The second-order valence-electron chi connectivity index (χ2n) is 7.18. The van der Waals surface area contributed by atoms with E-state index in [2.05, 4.69) is 49.5 Å². The summed E-state index contributed by atoms with van der Waals surface area (Å²) in [6.45, 7) is 17.7. The summed E-state index contributed by atoms with van der Waals surface area (Å²) in [4.78, 5) is 7.25. The van der Waals surface area contributed by atoms with Crippen LogP contribution >= 0.6 is 11.6 Å². The Labute approximate surface area is 168 Å². The van der Waals surface area contributed by atoms with E-state index in [0.717, 1.165) is 54.1 Å². The van der Waals surface area contributed by atoms with Gasteiger partial charge in [-0.3, -0.25) is 0 Å². The third kappa shape index (κ3) is 5.33. The summed E-state index contributed by atoms with van der Waals surface area (Å²) in [5, 5.41) is 11.1. The third-order valence-electron chi connectivity index (χ3n) is 4.73. The quantitative estimate of drug-likeness (QED) is 0.581. The molecule has 0 saturated carbocycles. The van der Waals surface area contributed by atoms with E-state index >= 15 is 0 Å².